The fourth-order valence-electron chi connectivity index (χ4n) is 1.79. The molecule has 1 amide bonds. The number of amides is 1. The summed E-state index contributed by atoms with van der Waals surface area (Å²) in [5, 5.41) is 6.70. The summed E-state index contributed by atoms with van der Waals surface area (Å²) in [4.78, 5) is 21.7. The van der Waals surface area contributed by atoms with Crippen LogP contribution >= 0.6 is 11.3 Å². The largest absolute Gasteiger partial charge is 0.406 e. The van der Waals surface area contributed by atoms with Crippen molar-refractivity contribution in [3.05, 3.63) is 16.1 Å². The van der Waals surface area contributed by atoms with E-state index in [1.807, 2.05) is 6.20 Å². The van der Waals surface area contributed by atoms with Gasteiger partial charge in [-0.1, -0.05) is 6.92 Å². The van der Waals surface area contributed by atoms with Gasteiger partial charge in [-0.05, 0) is 6.42 Å². The Bertz CT molecular complexity index is 559. The Balaban J connectivity index is 2.33. The number of nitrogens with zero attached hydrogens (tertiary/aromatic N) is 3. The summed E-state index contributed by atoms with van der Waals surface area (Å²) >= 11 is 1.64. The summed E-state index contributed by atoms with van der Waals surface area (Å²) in [6.07, 6.45) is -0.910. The molecule has 1 aromatic rings. The van der Waals surface area contributed by atoms with Crippen molar-refractivity contribution in [3.63, 3.8) is 0 Å². The second kappa shape index (κ2) is 9.45. The zero-order valence-corrected chi connectivity index (χ0v) is 14.7. The van der Waals surface area contributed by atoms with Crippen molar-refractivity contribution < 1.29 is 18.0 Å². The Morgan fingerprint density at radius 3 is 2.67 bits per heavy atom. The van der Waals surface area contributed by atoms with Crippen LogP contribution in [-0.4, -0.2) is 61.7 Å². The van der Waals surface area contributed by atoms with E-state index in [9.17, 15) is 18.0 Å². The lowest BCUT2D eigenvalue weighted by Crippen LogP contribution is -2.45. The Morgan fingerprint density at radius 2 is 2.12 bits per heavy atom. The summed E-state index contributed by atoms with van der Waals surface area (Å²) in [5.41, 5.74) is 0. The maximum absolute atomic E-state index is 12.2. The van der Waals surface area contributed by atoms with Gasteiger partial charge >= 0.3 is 6.18 Å². The Hall–Kier alpha value is -1.84. The Kier molecular flexibility index (Phi) is 7.96. The number of carbonyl (C=O) groups excluding carboxylic acids is 1. The van der Waals surface area contributed by atoms with Crippen molar-refractivity contribution in [1.82, 2.24) is 20.5 Å². The number of aryl methyl sites for hydroxylation is 1. The fraction of sp³-hybridized carbons (Fsp3) is 0.643. The van der Waals surface area contributed by atoms with Gasteiger partial charge in [0.2, 0.25) is 5.91 Å². The third kappa shape index (κ3) is 7.62. The molecule has 0 saturated heterocycles. The zero-order chi connectivity index (χ0) is 18.2. The predicted octanol–water partition coefficient (Wildman–Crippen LogP) is 1.43. The van der Waals surface area contributed by atoms with Gasteiger partial charge in [0.25, 0.3) is 0 Å². The molecule has 24 heavy (non-hydrogen) atoms. The average molecular weight is 365 g/mol. The van der Waals surface area contributed by atoms with Crippen molar-refractivity contribution in [1.29, 1.82) is 0 Å². The first-order chi connectivity index (χ1) is 11.2. The molecular formula is C14H22F3N5OS. The molecule has 0 bridgehead atoms. The van der Waals surface area contributed by atoms with Crippen molar-refractivity contribution in [2.45, 2.75) is 25.9 Å². The topological polar surface area (TPSA) is 69.6 Å². The molecule has 2 N–H and O–H groups in total. The summed E-state index contributed by atoms with van der Waals surface area (Å²) in [5.74, 6) is -0.307. The van der Waals surface area contributed by atoms with E-state index in [0.29, 0.717) is 23.8 Å². The minimum absolute atomic E-state index is 0.260. The maximum Gasteiger partial charge on any atom is 0.406 e. The molecule has 0 aliphatic carbocycles. The van der Waals surface area contributed by atoms with Gasteiger partial charge in [-0.25, -0.2) is 4.98 Å². The molecule has 0 spiro atoms. The molecule has 0 aliphatic heterocycles. The van der Waals surface area contributed by atoms with Crippen LogP contribution in [0.4, 0.5) is 13.2 Å². The van der Waals surface area contributed by atoms with Gasteiger partial charge in [-0.15, -0.1) is 11.3 Å². The molecule has 0 aromatic carbocycles. The molecule has 0 radical (unpaired) electrons. The molecule has 1 aromatic heterocycles. The van der Waals surface area contributed by atoms with E-state index < -0.39 is 18.6 Å². The number of hydrogen-bond donors (Lipinski definition) is 2. The number of carbonyl (C=O) groups is 1. The number of aliphatic imine (C=N–C) groups is 1. The number of nitrogens with one attached hydrogen (secondary N) is 2. The number of guanidine groups is 1. The fourth-order valence-corrected chi connectivity index (χ4v) is 2.65. The van der Waals surface area contributed by atoms with Crippen LogP contribution in [0.3, 0.4) is 0 Å². The van der Waals surface area contributed by atoms with Crippen LogP contribution in [0.2, 0.25) is 0 Å². The number of rotatable bonds is 7. The summed E-state index contributed by atoms with van der Waals surface area (Å²) < 4.78 is 36.7. The number of aromatic nitrogens is 1. The number of hydrogen-bond acceptors (Lipinski definition) is 4. The minimum atomic E-state index is -4.41. The van der Waals surface area contributed by atoms with E-state index in [1.165, 1.54) is 11.9 Å². The number of thiazole rings is 1. The highest BCUT2D eigenvalue weighted by Crippen LogP contribution is 2.15. The van der Waals surface area contributed by atoms with Gasteiger partial charge in [0.1, 0.15) is 6.54 Å². The van der Waals surface area contributed by atoms with Crippen molar-refractivity contribution in [2.75, 3.05) is 33.7 Å². The zero-order valence-electron chi connectivity index (χ0n) is 13.9. The molecule has 0 saturated carbocycles. The lowest BCUT2D eigenvalue weighted by Gasteiger charge is -2.19. The van der Waals surface area contributed by atoms with Crippen LogP contribution in [0.5, 0.6) is 0 Å². The summed E-state index contributed by atoms with van der Waals surface area (Å²) in [6, 6.07) is 0. The van der Waals surface area contributed by atoms with E-state index in [1.54, 1.807) is 11.3 Å². The predicted molar refractivity (Wildman–Crippen MR) is 88.3 cm³/mol. The number of alkyl halides is 3. The Morgan fingerprint density at radius 1 is 1.42 bits per heavy atom. The molecule has 10 heteroatoms. The molecule has 1 heterocycles. The molecule has 6 nitrogen and oxygen atoms in total. The third-order valence-electron chi connectivity index (χ3n) is 3.05. The molecular weight excluding hydrogens is 343 g/mol. The van der Waals surface area contributed by atoms with Crippen LogP contribution in [-0.2, 0) is 17.6 Å². The molecule has 0 aliphatic rings. The third-order valence-corrected chi connectivity index (χ3v) is 4.26. The highest BCUT2D eigenvalue weighted by Gasteiger charge is 2.31. The van der Waals surface area contributed by atoms with Crippen molar-refractivity contribution in [3.8, 4) is 0 Å². The smallest absolute Gasteiger partial charge is 0.356 e. The molecule has 136 valence electrons. The van der Waals surface area contributed by atoms with E-state index >= 15 is 0 Å². The first kappa shape index (κ1) is 20.2. The molecule has 1 rings (SSSR count). The number of likely N-dealkylation sites (N-methyl/N-ethyl adjacent to an activating group) is 1. The lowest BCUT2D eigenvalue weighted by atomic mass is 10.4. The summed E-state index contributed by atoms with van der Waals surface area (Å²) in [7, 11) is 2.64. The van der Waals surface area contributed by atoms with E-state index in [-0.39, 0.29) is 6.54 Å². The molecule has 0 fully saturated rings. The first-order valence-corrected chi connectivity index (χ1v) is 8.25. The van der Waals surface area contributed by atoms with Gasteiger partial charge < -0.3 is 15.5 Å². The quantitative estimate of drug-likeness (QED) is 0.567. The highest BCUT2D eigenvalue weighted by atomic mass is 32.1. The number of halogens is 3. The SMILES string of the molecule is CCc1cnc(CCNC(=NC)NCC(=O)N(C)CC(F)(F)F)s1. The van der Waals surface area contributed by atoms with Crippen LogP contribution < -0.4 is 10.6 Å². The Labute approximate surface area is 143 Å². The average Bonchev–Trinajstić information content (AvgIpc) is 2.96. The van der Waals surface area contributed by atoms with Crippen LogP contribution in [0, 0.1) is 0 Å². The second-order valence-corrected chi connectivity index (χ2v) is 6.24. The van der Waals surface area contributed by atoms with Crippen LogP contribution in [0.15, 0.2) is 11.2 Å². The monoisotopic (exact) mass is 365 g/mol. The van der Waals surface area contributed by atoms with Crippen LogP contribution in [0.25, 0.3) is 0 Å². The van der Waals surface area contributed by atoms with Gasteiger partial charge in [0, 0.05) is 38.1 Å². The molecule has 0 unspecified atom stereocenters. The maximum atomic E-state index is 12.2. The van der Waals surface area contributed by atoms with E-state index in [4.69, 9.17) is 0 Å². The molecule has 0 atom stereocenters. The van der Waals surface area contributed by atoms with E-state index in [2.05, 4.69) is 27.5 Å². The highest BCUT2D eigenvalue weighted by molar-refractivity contribution is 7.11. The normalized spacial score (nSPS) is 12.2. The standard InChI is InChI=1S/C14H22F3N5OS/c1-4-10-7-20-11(24-10)5-6-19-13(18-2)21-8-12(23)22(3)9-14(15,16)17/h7H,4-6,8-9H2,1-3H3,(H2,18,19,21). The van der Waals surface area contributed by atoms with Gasteiger partial charge in [-0.2, -0.15) is 13.2 Å². The van der Waals surface area contributed by atoms with Gasteiger partial charge in [-0.3, -0.25) is 9.79 Å². The van der Waals surface area contributed by atoms with E-state index in [0.717, 1.165) is 18.5 Å². The summed E-state index contributed by atoms with van der Waals surface area (Å²) in [6.45, 7) is 1.09. The first-order valence-electron chi connectivity index (χ1n) is 7.44. The van der Waals surface area contributed by atoms with Crippen molar-refractivity contribution >= 4 is 23.2 Å². The van der Waals surface area contributed by atoms with Gasteiger partial charge in [0.05, 0.1) is 11.6 Å². The van der Waals surface area contributed by atoms with Crippen LogP contribution in [0.1, 0.15) is 16.8 Å². The lowest BCUT2D eigenvalue weighted by molar-refractivity contribution is -0.157. The van der Waals surface area contributed by atoms with Crippen molar-refractivity contribution in [2.24, 2.45) is 4.99 Å². The van der Waals surface area contributed by atoms with Gasteiger partial charge in [0.15, 0.2) is 5.96 Å². The minimum Gasteiger partial charge on any atom is -0.356 e. The second-order valence-electron chi connectivity index (χ2n) is 5.04.